The molecular weight excluding hydrogens is 331 g/mol. The van der Waals surface area contributed by atoms with Gasteiger partial charge >= 0.3 is 11.8 Å². The van der Waals surface area contributed by atoms with Crippen LogP contribution in [0.5, 0.6) is 0 Å². The van der Waals surface area contributed by atoms with Crippen molar-refractivity contribution in [3.8, 4) is 10.6 Å². The monoisotopic (exact) mass is 344 g/mol. The summed E-state index contributed by atoms with van der Waals surface area (Å²) in [6, 6.07) is 12.7. The second-order valence-corrected chi connectivity index (χ2v) is 5.84. The van der Waals surface area contributed by atoms with Crippen molar-refractivity contribution in [3.63, 3.8) is 0 Å². The molecule has 122 valence electrons. The molecule has 2 heterocycles. The summed E-state index contributed by atoms with van der Waals surface area (Å²) in [5, 5.41) is 6.72. The summed E-state index contributed by atoms with van der Waals surface area (Å²) < 4.78 is 18.7. The summed E-state index contributed by atoms with van der Waals surface area (Å²) in [6.45, 7) is 0.0841. The van der Waals surface area contributed by atoms with Crippen molar-refractivity contribution < 1.29 is 18.4 Å². The highest BCUT2D eigenvalue weighted by molar-refractivity contribution is 7.13. The summed E-state index contributed by atoms with van der Waals surface area (Å²) in [7, 11) is 0. The molecule has 0 aliphatic heterocycles. The molecule has 2 N–H and O–H groups in total. The first-order valence-electron chi connectivity index (χ1n) is 7.09. The van der Waals surface area contributed by atoms with Crippen molar-refractivity contribution in [2.24, 2.45) is 0 Å². The second kappa shape index (κ2) is 7.10. The van der Waals surface area contributed by atoms with Crippen LogP contribution in [0.2, 0.25) is 0 Å². The standard InChI is InChI=1S/C17H13FN2O3S/c18-11-3-1-4-12(9-11)20-17(22)16(21)19-10-13-6-7-14(23-13)15-5-2-8-24-15/h1-9H,10H2,(H,19,21)(H,20,22). The third-order valence-corrected chi connectivity index (χ3v) is 4.02. The van der Waals surface area contributed by atoms with E-state index in [-0.39, 0.29) is 12.2 Å². The van der Waals surface area contributed by atoms with Crippen molar-refractivity contribution in [1.29, 1.82) is 0 Å². The Labute approximate surface area is 141 Å². The minimum Gasteiger partial charge on any atom is -0.458 e. The first kappa shape index (κ1) is 15.9. The highest BCUT2D eigenvalue weighted by Gasteiger charge is 2.14. The SMILES string of the molecule is O=C(NCc1ccc(-c2cccs2)o1)C(=O)Nc1cccc(F)c1. The zero-order valence-electron chi connectivity index (χ0n) is 12.4. The van der Waals surface area contributed by atoms with E-state index in [9.17, 15) is 14.0 Å². The average Bonchev–Trinajstić information content (AvgIpc) is 3.23. The van der Waals surface area contributed by atoms with Gasteiger partial charge in [-0.3, -0.25) is 9.59 Å². The Kier molecular flexibility index (Phi) is 4.72. The van der Waals surface area contributed by atoms with Gasteiger partial charge in [0.2, 0.25) is 0 Å². The predicted molar refractivity (Wildman–Crippen MR) is 88.9 cm³/mol. The fraction of sp³-hybridized carbons (Fsp3) is 0.0588. The van der Waals surface area contributed by atoms with E-state index in [2.05, 4.69) is 10.6 Å². The van der Waals surface area contributed by atoms with Crippen molar-refractivity contribution in [2.45, 2.75) is 6.54 Å². The quantitative estimate of drug-likeness (QED) is 0.713. The lowest BCUT2D eigenvalue weighted by Gasteiger charge is -2.05. The molecule has 24 heavy (non-hydrogen) atoms. The Morgan fingerprint density at radius 1 is 1.08 bits per heavy atom. The molecule has 7 heteroatoms. The molecule has 0 unspecified atom stereocenters. The van der Waals surface area contributed by atoms with Crippen molar-refractivity contribution in [1.82, 2.24) is 5.32 Å². The normalized spacial score (nSPS) is 10.4. The molecule has 3 aromatic rings. The van der Waals surface area contributed by atoms with Crippen LogP contribution in [0.4, 0.5) is 10.1 Å². The van der Waals surface area contributed by atoms with Gasteiger partial charge < -0.3 is 15.1 Å². The third kappa shape index (κ3) is 3.88. The maximum Gasteiger partial charge on any atom is 0.313 e. The summed E-state index contributed by atoms with van der Waals surface area (Å²) in [5.41, 5.74) is 0.216. The largest absolute Gasteiger partial charge is 0.458 e. The lowest BCUT2D eigenvalue weighted by atomic mass is 10.3. The Morgan fingerprint density at radius 2 is 1.96 bits per heavy atom. The number of rotatable bonds is 4. The predicted octanol–water partition coefficient (Wildman–Crippen LogP) is 3.40. The number of nitrogens with one attached hydrogen (secondary N) is 2. The molecule has 0 saturated heterocycles. The lowest BCUT2D eigenvalue weighted by molar-refractivity contribution is -0.136. The van der Waals surface area contributed by atoms with E-state index in [0.29, 0.717) is 11.5 Å². The van der Waals surface area contributed by atoms with E-state index in [1.54, 1.807) is 23.5 Å². The molecule has 5 nitrogen and oxygen atoms in total. The molecule has 0 saturated carbocycles. The van der Waals surface area contributed by atoms with Crippen LogP contribution in [-0.2, 0) is 16.1 Å². The Bertz CT molecular complexity index is 858. The number of carbonyl (C=O) groups is 2. The number of anilines is 1. The maximum absolute atomic E-state index is 13.0. The van der Waals surface area contributed by atoms with Crippen LogP contribution in [0.3, 0.4) is 0 Å². The van der Waals surface area contributed by atoms with Gasteiger partial charge in [-0.2, -0.15) is 0 Å². The van der Waals surface area contributed by atoms with E-state index >= 15 is 0 Å². The molecule has 1 aromatic carbocycles. The molecule has 2 aromatic heterocycles. The average molecular weight is 344 g/mol. The lowest BCUT2D eigenvalue weighted by Crippen LogP contribution is -2.34. The molecule has 0 atom stereocenters. The Balaban J connectivity index is 1.54. The summed E-state index contributed by atoms with van der Waals surface area (Å²) >= 11 is 1.55. The minimum absolute atomic E-state index is 0.0841. The van der Waals surface area contributed by atoms with Crippen LogP contribution in [-0.4, -0.2) is 11.8 Å². The molecule has 0 radical (unpaired) electrons. The highest BCUT2D eigenvalue weighted by Crippen LogP contribution is 2.26. The van der Waals surface area contributed by atoms with E-state index in [4.69, 9.17) is 4.42 Å². The van der Waals surface area contributed by atoms with Crippen molar-refractivity contribution >= 4 is 28.8 Å². The van der Waals surface area contributed by atoms with Gasteiger partial charge in [0, 0.05) is 5.69 Å². The van der Waals surface area contributed by atoms with Gasteiger partial charge in [0.05, 0.1) is 11.4 Å². The summed E-state index contributed by atoms with van der Waals surface area (Å²) in [6.07, 6.45) is 0. The molecular formula is C17H13FN2O3S. The summed E-state index contributed by atoms with van der Waals surface area (Å²) in [4.78, 5) is 24.5. The van der Waals surface area contributed by atoms with Gasteiger partial charge in [-0.15, -0.1) is 11.3 Å². The molecule has 0 spiro atoms. The second-order valence-electron chi connectivity index (χ2n) is 4.89. The zero-order chi connectivity index (χ0) is 16.9. The van der Waals surface area contributed by atoms with Crippen LogP contribution in [0.1, 0.15) is 5.76 Å². The van der Waals surface area contributed by atoms with Gasteiger partial charge in [-0.1, -0.05) is 12.1 Å². The van der Waals surface area contributed by atoms with Gasteiger partial charge in [0.15, 0.2) is 0 Å². The van der Waals surface area contributed by atoms with Crippen LogP contribution in [0.25, 0.3) is 10.6 Å². The number of thiophene rings is 1. The first-order chi connectivity index (χ1) is 11.6. The van der Waals surface area contributed by atoms with E-state index in [1.807, 2.05) is 17.5 Å². The maximum atomic E-state index is 13.0. The minimum atomic E-state index is -0.870. The van der Waals surface area contributed by atoms with Gasteiger partial charge in [0.1, 0.15) is 17.3 Å². The first-order valence-corrected chi connectivity index (χ1v) is 7.97. The number of hydrogen-bond acceptors (Lipinski definition) is 4. The number of furan rings is 1. The van der Waals surface area contributed by atoms with Crippen LogP contribution >= 0.6 is 11.3 Å². The molecule has 0 bridgehead atoms. The third-order valence-electron chi connectivity index (χ3n) is 3.14. The van der Waals surface area contributed by atoms with Crippen LogP contribution in [0, 0.1) is 5.82 Å². The fourth-order valence-electron chi connectivity index (χ4n) is 2.03. The van der Waals surface area contributed by atoms with Gasteiger partial charge in [0.25, 0.3) is 0 Å². The van der Waals surface area contributed by atoms with Crippen molar-refractivity contribution in [3.05, 3.63) is 65.5 Å². The van der Waals surface area contributed by atoms with Crippen LogP contribution in [0.15, 0.2) is 58.3 Å². The molecule has 0 aliphatic rings. The molecule has 2 amide bonds. The number of benzene rings is 1. The molecule has 0 aliphatic carbocycles. The molecule has 3 rings (SSSR count). The van der Waals surface area contributed by atoms with E-state index < -0.39 is 17.6 Å². The highest BCUT2D eigenvalue weighted by atomic mass is 32.1. The van der Waals surface area contributed by atoms with Crippen molar-refractivity contribution in [2.75, 3.05) is 5.32 Å². The van der Waals surface area contributed by atoms with E-state index in [0.717, 1.165) is 10.9 Å². The van der Waals surface area contributed by atoms with Gasteiger partial charge in [-0.05, 0) is 41.8 Å². The van der Waals surface area contributed by atoms with Gasteiger partial charge in [-0.25, -0.2) is 4.39 Å². The fourth-order valence-corrected chi connectivity index (χ4v) is 2.71. The zero-order valence-corrected chi connectivity index (χ0v) is 13.2. The number of halogens is 1. The topological polar surface area (TPSA) is 71.3 Å². The number of amides is 2. The number of hydrogen-bond donors (Lipinski definition) is 2. The Morgan fingerprint density at radius 3 is 2.71 bits per heavy atom. The molecule has 0 fully saturated rings. The number of carbonyl (C=O) groups excluding carboxylic acids is 2. The van der Waals surface area contributed by atoms with E-state index in [1.165, 1.54) is 18.2 Å². The van der Waals surface area contributed by atoms with Crippen LogP contribution < -0.4 is 10.6 Å². The smallest absolute Gasteiger partial charge is 0.313 e. The Hall–Kier alpha value is -2.93. The summed E-state index contributed by atoms with van der Waals surface area (Å²) in [5.74, 6) is -0.951.